The van der Waals surface area contributed by atoms with Crippen LogP contribution in [0.15, 0.2) is 54.9 Å². The Hall–Kier alpha value is -3.15. The number of aromatic nitrogens is 2. The molecule has 2 amide bonds. The van der Waals surface area contributed by atoms with Crippen LogP contribution in [0.25, 0.3) is 11.0 Å². The number of likely N-dealkylation sites (tertiary alicyclic amines) is 1. The lowest BCUT2D eigenvalue weighted by Gasteiger charge is -2.17. The van der Waals surface area contributed by atoms with Crippen LogP contribution < -0.4 is 5.43 Å². The molecule has 2 heterocycles. The third-order valence-corrected chi connectivity index (χ3v) is 4.76. The van der Waals surface area contributed by atoms with Gasteiger partial charge in [-0.2, -0.15) is 0 Å². The summed E-state index contributed by atoms with van der Waals surface area (Å²) in [4.78, 5) is 30.9. The Labute approximate surface area is 151 Å². The first-order valence-electron chi connectivity index (χ1n) is 8.66. The molecule has 1 fully saturated rings. The van der Waals surface area contributed by atoms with E-state index in [-0.39, 0.29) is 24.2 Å². The van der Waals surface area contributed by atoms with E-state index in [0.29, 0.717) is 13.1 Å². The van der Waals surface area contributed by atoms with Gasteiger partial charge in [0.2, 0.25) is 11.8 Å². The molecular formula is C20H20N4O2. The van der Waals surface area contributed by atoms with Crippen molar-refractivity contribution in [2.45, 2.75) is 19.9 Å². The zero-order valence-electron chi connectivity index (χ0n) is 14.6. The highest BCUT2D eigenvalue weighted by Gasteiger charge is 2.34. The summed E-state index contributed by atoms with van der Waals surface area (Å²) in [6.45, 7) is 3.01. The van der Waals surface area contributed by atoms with Crippen molar-refractivity contribution >= 4 is 22.8 Å². The van der Waals surface area contributed by atoms with Gasteiger partial charge in [-0.1, -0.05) is 42.0 Å². The van der Waals surface area contributed by atoms with Crippen molar-refractivity contribution in [1.82, 2.24) is 14.6 Å². The topological polar surface area (TPSA) is 67.2 Å². The number of carbonyl (C=O) groups excluding carboxylic acids is 2. The summed E-state index contributed by atoms with van der Waals surface area (Å²) in [6.07, 6.45) is 1.83. The third kappa shape index (κ3) is 3.18. The van der Waals surface area contributed by atoms with Gasteiger partial charge in [0, 0.05) is 19.5 Å². The van der Waals surface area contributed by atoms with Gasteiger partial charge < -0.3 is 4.90 Å². The van der Waals surface area contributed by atoms with Crippen molar-refractivity contribution in [3.8, 4) is 0 Å². The van der Waals surface area contributed by atoms with Crippen molar-refractivity contribution in [2.75, 3.05) is 12.0 Å². The average molecular weight is 348 g/mol. The van der Waals surface area contributed by atoms with E-state index < -0.39 is 0 Å². The second-order valence-corrected chi connectivity index (χ2v) is 6.74. The molecule has 0 aliphatic carbocycles. The number of hydrogen-bond donors (Lipinski definition) is 1. The molecule has 4 rings (SSSR count). The third-order valence-electron chi connectivity index (χ3n) is 4.76. The normalized spacial score (nSPS) is 17.0. The molecule has 26 heavy (non-hydrogen) atoms. The molecule has 1 N–H and O–H groups in total. The van der Waals surface area contributed by atoms with Crippen LogP contribution in [0.4, 0.5) is 0 Å². The molecule has 6 nitrogen and oxygen atoms in total. The van der Waals surface area contributed by atoms with Crippen LogP contribution in [0.3, 0.4) is 0 Å². The van der Waals surface area contributed by atoms with Gasteiger partial charge in [-0.15, -0.1) is 0 Å². The summed E-state index contributed by atoms with van der Waals surface area (Å²) in [5, 5.41) is 0. The summed E-state index contributed by atoms with van der Waals surface area (Å²) in [5.74, 6) is -0.497. The van der Waals surface area contributed by atoms with Crippen LogP contribution in [-0.4, -0.2) is 32.9 Å². The quantitative estimate of drug-likeness (QED) is 0.788. The minimum atomic E-state index is -0.353. The maximum atomic E-state index is 12.6. The molecule has 2 aromatic carbocycles. The van der Waals surface area contributed by atoms with E-state index in [9.17, 15) is 9.59 Å². The fourth-order valence-electron chi connectivity index (χ4n) is 3.27. The van der Waals surface area contributed by atoms with E-state index in [1.54, 1.807) is 15.9 Å². The molecule has 1 aromatic heterocycles. The molecule has 0 bridgehead atoms. The Morgan fingerprint density at radius 3 is 2.77 bits per heavy atom. The van der Waals surface area contributed by atoms with Crippen molar-refractivity contribution in [3.63, 3.8) is 0 Å². The van der Waals surface area contributed by atoms with E-state index >= 15 is 0 Å². The minimum Gasteiger partial charge on any atom is -0.338 e. The number of carbonyl (C=O) groups is 2. The first-order chi connectivity index (χ1) is 12.6. The van der Waals surface area contributed by atoms with Crippen LogP contribution in [0, 0.1) is 12.8 Å². The first-order valence-corrected chi connectivity index (χ1v) is 8.66. The van der Waals surface area contributed by atoms with Gasteiger partial charge in [0.25, 0.3) is 0 Å². The number of hydrogen-bond acceptors (Lipinski definition) is 3. The van der Waals surface area contributed by atoms with Crippen LogP contribution in [0.2, 0.25) is 0 Å². The van der Waals surface area contributed by atoms with Gasteiger partial charge in [-0.05, 0) is 24.6 Å². The fourth-order valence-corrected chi connectivity index (χ4v) is 3.27. The minimum absolute atomic E-state index is 0.0150. The van der Waals surface area contributed by atoms with Crippen molar-refractivity contribution in [1.29, 1.82) is 0 Å². The molecule has 1 aliphatic heterocycles. The number of rotatable bonds is 4. The molecule has 6 heteroatoms. The summed E-state index contributed by atoms with van der Waals surface area (Å²) in [7, 11) is 0. The summed E-state index contributed by atoms with van der Waals surface area (Å²) in [6, 6.07) is 15.7. The van der Waals surface area contributed by atoms with Gasteiger partial charge in [-0.25, -0.2) is 9.66 Å². The SMILES string of the molecule is Cc1ccc(CN2CC(C(=O)Nn3cnc4ccccc43)CC2=O)cc1. The number of aryl methyl sites for hydroxylation is 1. The Morgan fingerprint density at radius 1 is 1.19 bits per heavy atom. The number of fused-ring (bicyclic) bond motifs is 1. The van der Waals surface area contributed by atoms with Gasteiger partial charge in [-0.3, -0.25) is 15.0 Å². The molecule has 1 aliphatic rings. The highest BCUT2D eigenvalue weighted by molar-refractivity contribution is 5.94. The highest BCUT2D eigenvalue weighted by Crippen LogP contribution is 2.21. The smallest absolute Gasteiger partial charge is 0.244 e. The molecular weight excluding hydrogens is 328 g/mol. The van der Waals surface area contributed by atoms with E-state index in [2.05, 4.69) is 10.4 Å². The predicted molar refractivity (Wildman–Crippen MR) is 98.8 cm³/mol. The van der Waals surface area contributed by atoms with Gasteiger partial charge in [0.05, 0.1) is 17.0 Å². The molecule has 132 valence electrons. The number of nitrogens with zero attached hydrogens (tertiary/aromatic N) is 3. The first kappa shape index (κ1) is 16.3. The van der Waals surface area contributed by atoms with Crippen molar-refractivity contribution in [3.05, 3.63) is 66.0 Å². The van der Waals surface area contributed by atoms with Gasteiger partial charge in [0.1, 0.15) is 6.33 Å². The van der Waals surface area contributed by atoms with Crippen LogP contribution >= 0.6 is 0 Å². The molecule has 1 atom stereocenters. The largest absolute Gasteiger partial charge is 0.338 e. The molecule has 0 saturated carbocycles. The number of benzene rings is 2. The number of para-hydroxylation sites is 2. The lowest BCUT2D eigenvalue weighted by Crippen LogP contribution is -2.31. The van der Waals surface area contributed by atoms with Gasteiger partial charge in [0.15, 0.2) is 0 Å². The number of imidazole rings is 1. The number of amides is 2. The highest BCUT2D eigenvalue weighted by atomic mass is 16.2. The van der Waals surface area contributed by atoms with E-state index in [1.165, 1.54) is 5.56 Å². The predicted octanol–water partition coefficient (Wildman–Crippen LogP) is 2.46. The molecule has 1 unspecified atom stereocenters. The Kier molecular flexibility index (Phi) is 4.16. The van der Waals surface area contributed by atoms with Gasteiger partial charge >= 0.3 is 0 Å². The van der Waals surface area contributed by atoms with Crippen LogP contribution in [0.5, 0.6) is 0 Å². The lowest BCUT2D eigenvalue weighted by atomic mass is 10.1. The molecule has 0 spiro atoms. The molecule has 1 saturated heterocycles. The number of nitrogens with one attached hydrogen (secondary N) is 1. The Morgan fingerprint density at radius 2 is 1.96 bits per heavy atom. The molecule has 3 aromatic rings. The average Bonchev–Trinajstić information content (AvgIpc) is 3.21. The summed E-state index contributed by atoms with van der Waals surface area (Å²) >= 11 is 0. The van der Waals surface area contributed by atoms with E-state index in [4.69, 9.17) is 0 Å². The standard InChI is InChI=1S/C20H20N4O2/c1-14-6-8-15(9-7-14)11-23-12-16(10-19(23)25)20(26)22-24-13-21-17-4-2-3-5-18(17)24/h2-9,13,16H,10-12H2,1H3,(H,22,26). The summed E-state index contributed by atoms with van der Waals surface area (Å²) in [5.41, 5.74) is 6.77. The van der Waals surface area contributed by atoms with E-state index in [0.717, 1.165) is 16.6 Å². The Balaban J connectivity index is 1.43. The van der Waals surface area contributed by atoms with E-state index in [1.807, 2.05) is 55.5 Å². The summed E-state index contributed by atoms with van der Waals surface area (Å²) < 4.78 is 1.62. The zero-order chi connectivity index (χ0) is 18.1. The van der Waals surface area contributed by atoms with Crippen molar-refractivity contribution in [2.24, 2.45) is 5.92 Å². The monoisotopic (exact) mass is 348 g/mol. The van der Waals surface area contributed by atoms with Crippen molar-refractivity contribution < 1.29 is 9.59 Å². The van der Waals surface area contributed by atoms with Crippen LogP contribution in [0.1, 0.15) is 17.5 Å². The zero-order valence-corrected chi connectivity index (χ0v) is 14.6. The fraction of sp³-hybridized carbons (Fsp3) is 0.250. The Bertz CT molecular complexity index is 961. The molecule has 0 radical (unpaired) electrons. The van der Waals surface area contributed by atoms with Crippen LogP contribution in [-0.2, 0) is 16.1 Å². The maximum Gasteiger partial charge on any atom is 0.244 e. The lowest BCUT2D eigenvalue weighted by molar-refractivity contribution is -0.128. The maximum absolute atomic E-state index is 12.6. The second-order valence-electron chi connectivity index (χ2n) is 6.74. The second kappa shape index (κ2) is 6.63.